The summed E-state index contributed by atoms with van der Waals surface area (Å²) in [5.41, 5.74) is 2.05. The molecule has 1 aromatic heterocycles. The summed E-state index contributed by atoms with van der Waals surface area (Å²) in [5.74, 6) is 4.11. The first kappa shape index (κ1) is 21.4. The molecular formula is C23H23F3O2S. The highest BCUT2D eigenvalue weighted by molar-refractivity contribution is 7.98. The lowest BCUT2D eigenvalue weighted by molar-refractivity contribution is -0.137. The van der Waals surface area contributed by atoms with Gasteiger partial charge in [-0.15, -0.1) is 0 Å². The Kier molecular flexibility index (Phi) is 6.96. The van der Waals surface area contributed by atoms with Gasteiger partial charge in [-0.05, 0) is 41.6 Å². The molecule has 0 radical (unpaired) electrons. The van der Waals surface area contributed by atoms with Crippen molar-refractivity contribution in [2.75, 3.05) is 5.75 Å². The molecule has 0 fully saturated rings. The first-order valence-electron chi connectivity index (χ1n) is 9.49. The molecule has 3 aromatic rings. The van der Waals surface area contributed by atoms with Gasteiger partial charge in [0.05, 0.1) is 5.56 Å². The van der Waals surface area contributed by atoms with Gasteiger partial charge in [-0.25, -0.2) is 0 Å². The van der Waals surface area contributed by atoms with Crippen LogP contribution in [-0.2, 0) is 25.0 Å². The van der Waals surface area contributed by atoms with E-state index in [4.69, 9.17) is 9.15 Å². The lowest BCUT2D eigenvalue weighted by Crippen LogP contribution is -2.03. The summed E-state index contributed by atoms with van der Waals surface area (Å²) in [6, 6.07) is 14.9. The van der Waals surface area contributed by atoms with Gasteiger partial charge < -0.3 is 9.15 Å². The number of benzene rings is 2. The van der Waals surface area contributed by atoms with Crippen LogP contribution in [0.15, 0.2) is 59.0 Å². The molecule has 29 heavy (non-hydrogen) atoms. The number of alkyl halides is 3. The number of hydrogen-bond acceptors (Lipinski definition) is 3. The number of halogens is 3. The van der Waals surface area contributed by atoms with E-state index in [0.29, 0.717) is 24.4 Å². The SMILES string of the molecule is CCSCc1cccc(OCc2cc(-c3ccc(C(F)(F)F)cc3)oc2CC)c1. The highest BCUT2D eigenvalue weighted by Gasteiger charge is 2.30. The van der Waals surface area contributed by atoms with Crippen LogP contribution in [0.5, 0.6) is 5.75 Å². The Morgan fingerprint density at radius 3 is 2.41 bits per heavy atom. The molecular weight excluding hydrogens is 397 g/mol. The van der Waals surface area contributed by atoms with E-state index in [1.807, 2.05) is 43.0 Å². The maximum absolute atomic E-state index is 12.8. The van der Waals surface area contributed by atoms with Crippen molar-refractivity contribution < 1.29 is 22.3 Å². The molecule has 0 unspecified atom stereocenters. The number of hydrogen-bond donors (Lipinski definition) is 0. The molecule has 0 aliphatic carbocycles. The largest absolute Gasteiger partial charge is 0.489 e. The molecule has 3 rings (SSSR count). The zero-order valence-corrected chi connectivity index (χ0v) is 17.2. The summed E-state index contributed by atoms with van der Waals surface area (Å²) in [6.45, 7) is 4.45. The van der Waals surface area contributed by atoms with Crippen LogP contribution in [-0.4, -0.2) is 5.75 Å². The minimum Gasteiger partial charge on any atom is -0.489 e. The Morgan fingerprint density at radius 2 is 1.76 bits per heavy atom. The number of furan rings is 1. The second-order valence-corrected chi connectivity index (χ2v) is 7.84. The van der Waals surface area contributed by atoms with Crippen molar-refractivity contribution in [3.8, 4) is 17.1 Å². The van der Waals surface area contributed by atoms with Gasteiger partial charge in [-0.3, -0.25) is 0 Å². The minimum absolute atomic E-state index is 0.345. The van der Waals surface area contributed by atoms with E-state index in [0.717, 1.165) is 40.7 Å². The molecule has 0 aliphatic rings. The zero-order valence-electron chi connectivity index (χ0n) is 16.4. The third-order valence-electron chi connectivity index (χ3n) is 4.48. The average molecular weight is 420 g/mol. The van der Waals surface area contributed by atoms with Crippen molar-refractivity contribution in [3.05, 3.63) is 77.0 Å². The molecule has 0 aliphatic heterocycles. The normalized spacial score (nSPS) is 11.6. The van der Waals surface area contributed by atoms with Crippen molar-refractivity contribution in [3.63, 3.8) is 0 Å². The van der Waals surface area contributed by atoms with Crippen LogP contribution < -0.4 is 4.74 Å². The van der Waals surface area contributed by atoms with Crippen LogP contribution in [0.2, 0.25) is 0 Å². The van der Waals surface area contributed by atoms with Gasteiger partial charge in [0, 0.05) is 23.3 Å². The summed E-state index contributed by atoms with van der Waals surface area (Å²) >= 11 is 1.85. The lowest BCUT2D eigenvalue weighted by atomic mass is 10.1. The molecule has 0 spiro atoms. The number of rotatable bonds is 8. The van der Waals surface area contributed by atoms with Crippen molar-refractivity contribution in [2.45, 2.75) is 38.8 Å². The fraction of sp³-hybridized carbons (Fsp3) is 0.304. The fourth-order valence-electron chi connectivity index (χ4n) is 2.96. The maximum Gasteiger partial charge on any atom is 0.416 e. The summed E-state index contributed by atoms with van der Waals surface area (Å²) in [4.78, 5) is 0. The highest BCUT2D eigenvalue weighted by atomic mass is 32.2. The molecule has 2 nitrogen and oxygen atoms in total. The molecule has 1 heterocycles. The molecule has 2 aromatic carbocycles. The summed E-state index contributed by atoms with van der Waals surface area (Å²) in [6.07, 6.45) is -3.67. The molecule has 0 atom stereocenters. The Labute approximate surface area is 173 Å². The van der Waals surface area contributed by atoms with E-state index >= 15 is 0 Å². The van der Waals surface area contributed by atoms with Gasteiger partial charge in [-0.1, -0.05) is 38.1 Å². The van der Waals surface area contributed by atoms with Crippen molar-refractivity contribution >= 4 is 11.8 Å². The zero-order chi connectivity index (χ0) is 20.9. The van der Waals surface area contributed by atoms with Gasteiger partial charge in [0.1, 0.15) is 23.9 Å². The number of thioether (sulfide) groups is 1. The quantitative estimate of drug-likeness (QED) is 0.380. The van der Waals surface area contributed by atoms with E-state index in [2.05, 4.69) is 13.0 Å². The van der Waals surface area contributed by atoms with Crippen LogP contribution >= 0.6 is 11.8 Å². The smallest absolute Gasteiger partial charge is 0.416 e. The monoisotopic (exact) mass is 420 g/mol. The van der Waals surface area contributed by atoms with Gasteiger partial charge in [0.15, 0.2) is 0 Å². The van der Waals surface area contributed by atoms with Crippen molar-refractivity contribution in [2.24, 2.45) is 0 Å². The minimum atomic E-state index is -4.35. The molecule has 0 saturated heterocycles. The number of ether oxygens (including phenoxy) is 1. The van der Waals surface area contributed by atoms with Crippen LogP contribution in [0.1, 0.15) is 36.3 Å². The standard InChI is InChI=1S/C23H23F3O2S/c1-3-21-18(14-27-20-7-5-6-16(12-20)15-29-4-2)13-22(28-21)17-8-10-19(11-9-17)23(24,25)26/h5-13H,3-4,14-15H2,1-2H3. The summed E-state index contributed by atoms with van der Waals surface area (Å²) in [5, 5.41) is 0. The van der Waals surface area contributed by atoms with E-state index in [-0.39, 0.29) is 0 Å². The summed E-state index contributed by atoms with van der Waals surface area (Å²) in [7, 11) is 0. The molecule has 0 saturated carbocycles. The first-order valence-corrected chi connectivity index (χ1v) is 10.6. The van der Waals surface area contributed by atoms with E-state index in [1.54, 1.807) is 0 Å². The van der Waals surface area contributed by atoms with Gasteiger partial charge in [0.2, 0.25) is 0 Å². The Morgan fingerprint density at radius 1 is 1.00 bits per heavy atom. The van der Waals surface area contributed by atoms with E-state index in [1.165, 1.54) is 17.7 Å². The lowest BCUT2D eigenvalue weighted by Gasteiger charge is -2.07. The predicted octanol–water partition coefficient (Wildman–Crippen LogP) is 7.36. The second-order valence-electron chi connectivity index (χ2n) is 6.56. The molecule has 154 valence electrons. The van der Waals surface area contributed by atoms with Crippen molar-refractivity contribution in [1.82, 2.24) is 0 Å². The first-order chi connectivity index (χ1) is 13.9. The highest BCUT2D eigenvalue weighted by Crippen LogP contribution is 2.32. The third kappa shape index (κ3) is 5.60. The maximum atomic E-state index is 12.8. The van der Waals surface area contributed by atoms with Crippen molar-refractivity contribution in [1.29, 1.82) is 0 Å². The van der Waals surface area contributed by atoms with E-state index in [9.17, 15) is 13.2 Å². The predicted molar refractivity (Wildman–Crippen MR) is 111 cm³/mol. The number of aryl methyl sites for hydroxylation is 1. The van der Waals surface area contributed by atoms with E-state index < -0.39 is 11.7 Å². The van der Waals surface area contributed by atoms with Gasteiger partial charge in [0.25, 0.3) is 0 Å². The Bertz CT molecular complexity index is 930. The second kappa shape index (κ2) is 9.44. The van der Waals surface area contributed by atoms with Crippen LogP contribution in [0.3, 0.4) is 0 Å². The van der Waals surface area contributed by atoms with Gasteiger partial charge in [-0.2, -0.15) is 24.9 Å². The third-order valence-corrected chi connectivity index (χ3v) is 5.43. The topological polar surface area (TPSA) is 22.4 Å². The molecule has 0 amide bonds. The fourth-order valence-corrected chi connectivity index (χ4v) is 3.58. The van der Waals surface area contributed by atoms with Crippen LogP contribution in [0.25, 0.3) is 11.3 Å². The Hall–Kier alpha value is -2.34. The molecule has 0 N–H and O–H groups in total. The van der Waals surface area contributed by atoms with Gasteiger partial charge >= 0.3 is 6.18 Å². The molecule has 0 bridgehead atoms. The molecule has 6 heteroatoms. The summed E-state index contributed by atoms with van der Waals surface area (Å²) < 4.78 is 50.1. The average Bonchev–Trinajstić information content (AvgIpc) is 3.14. The van der Waals surface area contributed by atoms with Crippen LogP contribution in [0, 0.1) is 0 Å². The van der Waals surface area contributed by atoms with Crippen LogP contribution in [0.4, 0.5) is 13.2 Å². The Balaban J connectivity index is 1.73.